The summed E-state index contributed by atoms with van der Waals surface area (Å²) in [5.41, 5.74) is -0.0165. The molecular formula is C46H93N9O8P4W4. The summed E-state index contributed by atoms with van der Waals surface area (Å²) in [6.45, 7) is 54.9. The second-order valence-corrected chi connectivity index (χ2v) is 52.2. The molecule has 0 atom stereocenters. The summed E-state index contributed by atoms with van der Waals surface area (Å²) >= 11 is 5.00. The van der Waals surface area contributed by atoms with Crippen LogP contribution in [0, 0.1) is 12.1 Å². The fraction of sp³-hybridized carbons (Fsp3) is 0.848. The van der Waals surface area contributed by atoms with Crippen molar-refractivity contribution in [3.63, 3.8) is 0 Å². The van der Waals surface area contributed by atoms with Crippen LogP contribution in [-0.2, 0) is 111 Å². The minimum absolute atomic E-state index is 0.243. The molecule has 0 aromatic carbocycles. The fourth-order valence-electron chi connectivity index (χ4n) is 5.24. The van der Waals surface area contributed by atoms with E-state index < -0.39 is 21.6 Å². The van der Waals surface area contributed by atoms with Crippen molar-refractivity contribution >= 4 is 38.4 Å². The number of H-pyrrole nitrogens is 1. The molecule has 1 saturated heterocycles. The maximum absolute atomic E-state index is 6.29. The van der Waals surface area contributed by atoms with Crippen LogP contribution in [0.25, 0.3) is 0 Å². The number of terminal acetylenes is 1. The van der Waals surface area contributed by atoms with E-state index in [4.69, 9.17) is 47.4 Å². The van der Waals surface area contributed by atoms with Crippen LogP contribution in [0.15, 0.2) is 17.2 Å². The summed E-state index contributed by atoms with van der Waals surface area (Å²) in [5, 5.41) is 12.7. The van der Waals surface area contributed by atoms with E-state index >= 15 is 0 Å². The first kappa shape index (κ1) is 72.3. The van der Waals surface area contributed by atoms with Crippen molar-refractivity contribution in [2.24, 2.45) is 4.76 Å². The van der Waals surface area contributed by atoms with Gasteiger partial charge in [-0.15, -0.1) is 0 Å². The number of nitrogens with zero attached hydrogens (tertiary/aromatic N) is 8. The summed E-state index contributed by atoms with van der Waals surface area (Å²) in [5.74, 6) is 0.974. The zero-order chi connectivity index (χ0) is 56.5. The molecule has 1 N–H and O–H groups in total. The molecule has 2 aromatic rings. The molecule has 3 rings (SSSR count). The summed E-state index contributed by atoms with van der Waals surface area (Å²) in [6, 6.07) is 0.281. The Morgan fingerprint density at radius 1 is 0.563 bits per heavy atom. The molecule has 0 amide bonds. The Labute approximate surface area is 473 Å². The van der Waals surface area contributed by atoms with Crippen LogP contribution in [0.5, 0.6) is 0 Å². The Morgan fingerprint density at radius 3 is 1.14 bits per heavy atom. The van der Waals surface area contributed by atoms with Crippen LogP contribution in [0.2, 0.25) is 0 Å². The molecule has 0 spiro atoms. The predicted molar refractivity (Wildman–Crippen MR) is 282 cm³/mol. The number of rotatable bonds is 12. The van der Waals surface area contributed by atoms with Crippen LogP contribution in [-0.4, -0.2) is 118 Å². The molecule has 0 saturated carbocycles. The third kappa shape index (κ3) is 32.7. The van der Waals surface area contributed by atoms with Crippen molar-refractivity contribution in [2.75, 3.05) is 27.2 Å². The molecule has 17 nitrogen and oxygen atoms in total. The van der Waals surface area contributed by atoms with Crippen LogP contribution in [0.1, 0.15) is 186 Å². The van der Waals surface area contributed by atoms with Gasteiger partial charge in [0.1, 0.15) is 0 Å². The van der Waals surface area contributed by atoms with Gasteiger partial charge < -0.3 is 0 Å². The Kier molecular flexibility index (Phi) is 27.9. The molecule has 0 aliphatic carbocycles. The average molecular weight is 1760 g/mol. The van der Waals surface area contributed by atoms with Gasteiger partial charge in [-0.25, -0.2) is 0 Å². The molecule has 0 bridgehead atoms. The molecule has 2 aromatic heterocycles. The fourth-order valence-corrected chi connectivity index (χ4v) is 34.9. The van der Waals surface area contributed by atoms with Gasteiger partial charge in [-0.3, -0.25) is 0 Å². The zero-order valence-corrected chi connectivity index (χ0v) is 63.8. The molecule has 3 heterocycles. The van der Waals surface area contributed by atoms with Crippen molar-refractivity contribution in [3.8, 4) is 12.1 Å². The minimum atomic E-state index is -2.25. The zero-order valence-electron chi connectivity index (χ0n) is 48.5. The van der Waals surface area contributed by atoms with Crippen molar-refractivity contribution < 1.29 is 111 Å². The molecule has 25 heteroatoms. The van der Waals surface area contributed by atoms with E-state index in [2.05, 4.69) is 111 Å². The number of guanidine groups is 1. The second-order valence-electron chi connectivity index (χ2n) is 24.9. The van der Waals surface area contributed by atoms with Crippen molar-refractivity contribution in [2.45, 2.75) is 231 Å². The Hall–Kier alpha value is 1.26. The Bertz CT molecular complexity index is 2140. The average Bonchev–Trinajstić information content (AvgIpc) is 3.83. The van der Waals surface area contributed by atoms with Gasteiger partial charge in [0.15, 0.2) is 0 Å². The topological polar surface area (TPSA) is 165 Å². The van der Waals surface area contributed by atoms with Crippen molar-refractivity contribution in [1.29, 1.82) is 0 Å². The van der Waals surface area contributed by atoms with Crippen molar-refractivity contribution in [1.82, 2.24) is 40.2 Å². The van der Waals surface area contributed by atoms with Crippen LogP contribution >= 0.6 is 21.6 Å². The van der Waals surface area contributed by atoms with Crippen LogP contribution in [0.3, 0.4) is 0 Å². The molecule has 0 unspecified atom stereocenters. The Morgan fingerprint density at radius 2 is 0.887 bits per heavy atom. The number of hydrogen-bond donors (Lipinski definition) is 1. The normalized spacial score (nSPS) is 15.1. The third-order valence-corrected chi connectivity index (χ3v) is 28.0. The van der Waals surface area contributed by atoms with E-state index in [1.807, 2.05) is 136 Å². The van der Waals surface area contributed by atoms with Gasteiger partial charge >= 0.3 is 477 Å². The predicted octanol–water partition coefficient (Wildman–Crippen LogP) is 12.4. The summed E-state index contributed by atoms with van der Waals surface area (Å²) in [7, 11) is 4.13. The number of likely N-dealkylation sites (N-methyl/N-ethyl adjacent to an activating group) is 2. The first-order chi connectivity index (χ1) is 31.1. The SMILES string of the molecule is C#C[P](=[W])(OC(C)(C)C)OC(C)(C)C.CC(C)(C)O[P](=[W])(OC(C)(C)C)c1cn[nH]n1.CC(C)n1cc([P](=[W])(OC(C)(C)C)OC(C)(C)C)nn1.CN1CCN(C)C1=N[P](=[W])(OC(C)(C)C)OC(C)(C)C. The molecule has 1 aliphatic heterocycles. The van der Waals surface area contributed by atoms with Gasteiger partial charge in [0, 0.05) is 0 Å². The van der Waals surface area contributed by atoms with Crippen molar-refractivity contribution in [3.05, 3.63) is 12.4 Å². The van der Waals surface area contributed by atoms with Gasteiger partial charge in [-0.2, -0.15) is 0 Å². The number of aromatic amines is 1. The molecule has 71 heavy (non-hydrogen) atoms. The summed E-state index contributed by atoms with van der Waals surface area (Å²) in [6.07, 6.45) is 9.15. The quantitative estimate of drug-likeness (QED) is 0.158. The van der Waals surface area contributed by atoms with Gasteiger partial charge in [0.05, 0.1) is 0 Å². The van der Waals surface area contributed by atoms with E-state index in [1.54, 1.807) is 6.20 Å². The van der Waals surface area contributed by atoms with Crippen LogP contribution < -0.4 is 10.9 Å². The Balaban J connectivity index is 0.000000929. The number of nitrogens with one attached hydrogen (secondary N) is 1. The van der Waals surface area contributed by atoms with E-state index in [0.717, 1.165) is 29.9 Å². The van der Waals surface area contributed by atoms with E-state index in [-0.39, 0.29) is 50.9 Å². The van der Waals surface area contributed by atoms with E-state index in [0.29, 0.717) is 0 Å². The molecular weight excluding hydrogens is 1670 g/mol. The van der Waals surface area contributed by atoms with Gasteiger partial charge in [-0.05, 0) is 0 Å². The molecule has 1 fully saturated rings. The monoisotopic (exact) mass is 1760 g/mol. The van der Waals surface area contributed by atoms with Gasteiger partial charge in [0.25, 0.3) is 0 Å². The number of aromatic nitrogens is 6. The van der Waals surface area contributed by atoms with Gasteiger partial charge in [-0.1, -0.05) is 0 Å². The summed E-state index contributed by atoms with van der Waals surface area (Å²) in [4.78, 5) is 4.32. The van der Waals surface area contributed by atoms with Crippen LogP contribution in [0.4, 0.5) is 0 Å². The standard InChI is InChI=1S/C13H28N3O2P.C13H26N3O2P.C10H20N3O2P.C10H19O2P.4W/c1-12(2,3)17-19(18-13(4,5)6)14-11-15(7)9-10-16(11)8;1-10(2)16-9-11(14-15-16)19(17-12(3,4)5)18-13(6,7)8;1-9(2,3)14-16(15-10(4,5)6)8-7-11-13-12-8;1-8-13(11-9(2,3)4)12-10(5,6)7;;;;/h9-10H2,1-8H3;9-10H,1-8H3;7H,1-6H3,(H,11,12,13);1H,2-7H3;;;;. The van der Waals surface area contributed by atoms with E-state index in [1.165, 1.54) is 75.2 Å². The summed E-state index contributed by atoms with van der Waals surface area (Å²) < 4.78 is 55.8. The molecule has 1 aliphatic rings. The first-order valence-corrected chi connectivity index (χ1v) is 45.3. The third-order valence-electron chi connectivity index (χ3n) is 6.96. The molecule has 0 radical (unpaired) electrons. The van der Waals surface area contributed by atoms with Gasteiger partial charge in [0.2, 0.25) is 0 Å². The molecule has 414 valence electrons. The maximum atomic E-state index is 6.29. The van der Waals surface area contributed by atoms with E-state index in [9.17, 15) is 0 Å². The number of hydrogen-bond acceptors (Lipinski definition) is 13. The second kappa shape index (κ2) is 27.4. The first-order valence-electron chi connectivity index (χ1n) is 23.5.